The van der Waals surface area contributed by atoms with Crippen molar-refractivity contribution in [2.24, 2.45) is 5.92 Å². The molecule has 0 radical (unpaired) electrons. The maximum atomic E-state index is 3.88. The molecule has 19 heavy (non-hydrogen) atoms. The van der Waals surface area contributed by atoms with Gasteiger partial charge in [0.05, 0.1) is 0 Å². The lowest BCUT2D eigenvalue weighted by molar-refractivity contribution is 0.238. The Morgan fingerprint density at radius 2 is 1.79 bits per heavy atom. The Morgan fingerprint density at radius 3 is 2.47 bits per heavy atom. The van der Waals surface area contributed by atoms with E-state index in [0.29, 0.717) is 0 Å². The van der Waals surface area contributed by atoms with Gasteiger partial charge in [-0.25, -0.2) is 0 Å². The average Bonchev–Trinajstić information content (AvgIpc) is 2.88. The smallest absolute Gasteiger partial charge is 0.00813 e. The molecule has 0 spiro atoms. The summed E-state index contributed by atoms with van der Waals surface area (Å²) in [6.07, 6.45) is 8.47. The third kappa shape index (κ3) is 2.86. The summed E-state index contributed by atoms with van der Waals surface area (Å²) < 4.78 is 0. The Labute approximate surface area is 117 Å². The molecule has 1 heteroatoms. The molecule has 0 saturated heterocycles. The van der Waals surface area contributed by atoms with Crippen molar-refractivity contribution in [3.8, 4) is 0 Å². The minimum Gasteiger partial charge on any atom is -0.311 e. The lowest BCUT2D eigenvalue weighted by atomic mass is 9.74. The van der Waals surface area contributed by atoms with E-state index in [1.54, 1.807) is 5.56 Å². The molecule has 1 nitrogen and oxygen atoms in total. The summed E-state index contributed by atoms with van der Waals surface area (Å²) >= 11 is 0. The number of rotatable bonds is 4. The third-order valence-corrected chi connectivity index (χ3v) is 5.37. The quantitative estimate of drug-likeness (QED) is 0.842. The van der Waals surface area contributed by atoms with E-state index in [4.69, 9.17) is 0 Å². The van der Waals surface area contributed by atoms with E-state index in [9.17, 15) is 0 Å². The van der Waals surface area contributed by atoms with Gasteiger partial charge in [-0.05, 0) is 62.5 Å². The van der Waals surface area contributed by atoms with Gasteiger partial charge in [-0.2, -0.15) is 0 Å². The Morgan fingerprint density at radius 1 is 1.11 bits per heavy atom. The predicted octanol–water partition coefficient (Wildman–Crippen LogP) is 4.41. The molecule has 0 bridgehead atoms. The second-order valence-corrected chi connectivity index (χ2v) is 6.72. The molecular formula is C18H27N. The number of nitrogens with one attached hydrogen (secondary N) is 1. The van der Waals surface area contributed by atoms with E-state index >= 15 is 0 Å². The van der Waals surface area contributed by atoms with Gasteiger partial charge in [0.25, 0.3) is 0 Å². The van der Waals surface area contributed by atoms with Crippen molar-refractivity contribution in [3.05, 3.63) is 35.4 Å². The summed E-state index contributed by atoms with van der Waals surface area (Å²) in [6.45, 7) is 4.65. The van der Waals surface area contributed by atoms with E-state index in [1.807, 2.05) is 0 Å². The van der Waals surface area contributed by atoms with Crippen LogP contribution in [-0.4, -0.2) is 12.1 Å². The lowest BCUT2D eigenvalue weighted by Gasteiger charge is -2.40. The topological polar surface area (TPSA) is 12.0 Å². The van der Waals surface area contributed by atoms with Gasteiger partial charge < -0.3 is 5.32 Å². The van der Waals surface area contributed by atoms with Crippen LogP contribution in [0, 0.1) is 12.8 Å². The van der Waals surface area contributed by atoms with Crippen LogP contribution in [0.2, 0.25) is 0 Å². The second kappa shape index (κ2) is 5.66. The highest BCUT2D eigenvalue weighted by molar-refractivity contribution is 5.31. The summed E-state index contributed by atoms with van der Waals surface area (Å²) in [5.41, 5.74) is 3.05. The molecule has 104 valence electrons. The monoisotopic (exact) mass is 257 g/mol. The molecule has 0 aliphatic heterocycles. The SMILES string of the molecule is Cc1ccccc1C1CC(NC(C)C2CCCC2)C1. The molecule has 3 rings (SSSR count). The van der Waals surface area contributed by atoms with Crippen molar-refractivity contribution >= 4 is 0 Å². The van der Waals surface area contributed by atoms with E-state index in [1.165, 1.54) is 44.1 Å². The second-order valence-electron chi connectivity index (χ2n) is 6.72. The fraction of sp³-hybridized carbons (Fsp3) is 0.667. The van der Waals surface area contributed by atoms with Gasteiger partial charge in [-0.3, -0.25) is 0 Å². The lowest BCUT2D eigenvalue weighted by Crippen LogP contribution is -2.46. The van der Waals surface area contributed by atoms with Crippen molar-refractivity contribution in [2.75, 3.05) is 0 Å². The highest BCUT2D eigenvalue weighted by Gasteiger charge is 2.33. The summed E-state index contributed by atoms with van der Waals surface area (Å²) in [7, 11) is 0. The molecule has 1 aromatic rings. The summed E-state index contributed by atoms with van der Waals surface area (Å²) in [5.74, 6) is 1.74. The summed E-state index contributed by atoms with van der Waals surface area (Å²) in [4.78, 5) is 0. The van der Waals surface area contributed by atoms with Crippen molar-refractivity contribution < 1.29 is 0 Å². The highest BCUT2D eigenvalue weighted by atomic mass is 15.0. The first-order chi connectivity index (χ1) is 9.24. The Hall–Kier alpha value is -0.820. The van der Waals surface area contributed by atoms with Gasteiger partial charge in [0.2, 0.25) is 0 Å². The van der Waals surface area contributed by atoms with E-state index < -0.39 is 0 Å². The van der Waals surface area contributed by atoms with Crippen LogP contribution in [0.3, 0.4) is 0 Å². The average molecular weight is 257 g/mol. The van der Waals surface area contributed by atoms with E-state index in [-0.39, 0.29) is 0 Å². The normalized spacial score (nSPS) is 29.2. The van der Waals surface area contributed by atoms with E-state index in [0.717, 1.165) is 23.9 Å². The molecule has 1 aromatic carbocycles. The standard InChI is InChI=1S/C18H27N/c1-13-7-3-6-10-18(13)16-11-17(12-16)19-14(2)15-8-4-5-9-15/h3,6-7,10,14-17,19H,4-5,8-9,11-12H2,1-2H3. The summed E-state index contributed by atoms with van der Waals surface area (Å²) in [5, 5.41) is 3.88. The molecule has 2 saturated carbocycles. The van der Waals surface area contributed by atoms with Gasteiger partial charge in [0.1, 0.15) is 0 Å². The Kier molecular flexibility index (Phi) is 3.93. The molecule has 2 fully saturated rings. The van der Waals surface area contributed by atoms with Gasteiger partial charge >= 0.3 is 0 Å². The zero-order valence-electron chi connectivity index (χ0n) is 12.4. The van der Waals surface area contributed by atoms with Crippen LogP contribution in [-0.2, 0) is 0 Å². The van der Waals surface area contributed by atoms with Crippen LogP contribution in [0.5, 0.6) is 0 Å². The van der Waals surface area contributed by atoms with Gasteiger partial charge in [-0.15, -0.1) is 0 Å². The van der Waals surface area contributed by atoms with Crippen LogP contribution in [0.15, 0.2) is 24.3 Å². The van der Waals surface area contributed by atoms with E-state index in [2.05, 4.69) is 43.4 Å². The Bertz CT molecular complexity index is 413. The number of benzene rings is 1. The fourth-order valence-corrected chi connectivity index (χ4v) is 4.02. The zero-order chi connectivity index (χ0) is 13.2. The highest BCUT2D eigenvalue weighted by Crippen LogP contribution is 2.39. The molecule has 2 aliphatic carbocycles. The van der Waals surface area contributed by atoms with Crippen molar-refractivity contribution in [3.63, 3.8) is 0 Å². The van der Waals surface area contributed by atoms with Crippen molar-refractivity contribution in [1.29, 1.82) is 0 Å². The number of hydrogen-bond acceptors (Lipinski definition) is 1. The Balaban J connectivity index is 1.49. The van der Waals surface area contributed by atoms with Crippen LogP contribution in [0.4, 0.5) is 0 Å². The van der Waals surface area contributed by atoms with Crippen LogP contribution < -0.4 is 5.32 Å². The molecule has 1 atom stereocenters. The van der Waals surface area contributed by atoms with Crippen molar-refractivity contribution in [2.45, 2.75) is 70.4 Å². The molecule has 0 heterocycles. The molecular weight excluding hydrogens is 230 g/mol. The minimum atomic E-state index is 0.727. The molecule has 1 unspecified atom stereocenters. The maximum Gasteiger partial charge on any atom is 0.00813 e. The van der Waals surface area contributed by atoms with Crippen LogP contribution in [0.1, 0.15) is 62.5 Å². The largest absolute Gasteiger partial charge is 0.311 e. The first-order valence-corrected chi connectivity index (χ1v) is 8.05. The first-order valence-electron chi connectivity index (χ1n) is 8.05. The predicted molar refractivity (Wildman–Crippen MR) is 81.5 cm³/mol. The zero-order valence-corrected chi connectivity index (χ0v) is 12.4. The van der Waals surface area contributed by atoms with Crippen LogP contribution >= 0.6 is 0 Å². The maximum absolute atomic E-state index is 3.88. The van der Waals surface area contributed by atoms with Crippen LogP contribution in [0.25, 0.3) is 0 Å². The van der Waals surface area contributed by atoms with Crippen molar-refractivity contribution in [1.82, 2.24) is 5.32 Å². The molecule has 2 aliphatic rings. The molecule has 0 amide bonds. The fourth-order valence-electron chi connectivity index (χ4n) is 4.02. The third-order valence-electron chi connectivity index (χ3n) is 5.37. The van der Waals surface area contributed by atoms with Gasteiger partial charge in [0, 0.05) is 12.1 Å². The number of hydrogen-bond donors (Lipinski definition) is 1. The molecule has 1 N–H and O–H groups in total. The number of aryl methyl sites for hydroxylation is 1. The minimum absolute atomic E-state index is 0.727. The van der Waals surface area contributed by atoms with Gasteiger partial charge in [-0.1, -0.05) is 37.1 Å². The first kappa shape index (κ1) is 13.2. The summed E-state index contributed by atoms with van der Waals surface area (Å²) in [6, 6.07) is 10.4. The van der Waals surface area contributed by atoms with Gasteiger partial charge in [0.15, 0.2) is 0 Å². The molecule has 0 aromatic heterocycles.